The molecular formula is C24H32N4O. The van der Waals surface area contributed by atoms with Crippen molar-refractivity contribution >= 4 is 5.91 Å². The van der Waals surface area contributed by atoms with Crippen LogP contribution in [-0.4, -0.2) is 45.2 Å². The number of amides is 1. The highest BCUT2D eigenvalue weighted by molar-refractivity contribution is 5.93. The first-order chi connectivity index (χ1) is 14.0. The van der Waals surface area contributed by atoms with E-state index in [1.165, 1.54) is 24.8 Å². The van der Waals surface area contributed by atoms with Crippen molar-refractivity contribution in [3.05, 3.63) is 53.3 Å². The Labute approximate surface area is 173 Å². The Morgan fingerprint density at radius 1 is 1.28 bits per heavy atom. The van der Waals surface area contributed by atoms with E-state index < -0.39 is 0 Å². The van der Waals surface area contributed by atoms with Gasteiger partial charge in [-0.15, -0.1) is 0 Å². The minimum Gasteiger partial charge on any atom is -0.329 e. The van der Waals surface area contributed by atoms with Crippen molar-refractivity contribution < 1.29 is 4.79 Å². The van der Waals surface area contributed by atoms with E-state index in [9.17, 15) is 4.79 Å². The largest absolute Gasteiger partial charge is 0.329 e. The van der Waals surface area contributed by atoms with Crippen LogP contribution < -0.4 is 5.32 Å². The molecule has 2 N–H and O–H groups in total. The van der Waals surface area contributed by atoms with Gasteiger partial charge in [-0.1, -0.05) is 51.1 Å². The standard InChI is InChI=1S/C24H32N4O/c1-15(2)17-13-18(27-26-17)23(29)28-20(12-16-8-5-4-6-9-16)19-14-24(3)21(25-19)10-7-11-22(24)28/h4-6,8-9,13,15,19-22,25H,7,10-12,14H2,1-3H3,(H,26,27)/t19-,20-,21-,22+,24-/m0/s1. The summed E-state index contributed by atoms with van der Waals surface area (Å²) >= 11 is 0. The minimum absolute atomic E-state index is 0.0966. The van der Waals surface area contributed by atoms with Gasteiger partial charge in [0.1, 0.15) is 5.69 Å². The van der Waals surface area contributed by atoms with Crippen LogP contribution in [0.3, 0.4) is 0 Å². The molecule has 2 bridgehead atoms. The van der Waals surface area contributed by atoms with Gasteiger partial charge in [-0.25, -0.2) is 0 Å². The summed E-state index contributed by atoms with van der Waals surface area (Å²) in [5, 5.41) is 11.4. The highest BCUT2D eigenvalue weighted by Crippen LogP contribution is 2.52. The van der Waals surface area contributed by atoms with Crippen LogP contribution in [0.5, 0.6) is 0 Å². The molecule has 2 saturated heterocycles. The van der Waals surface area contributed by atoms with E-state index in [2.05, 4.69) is 71.5 Å². The molecule has 1 amide bonds. The molecule has 5 nitrogen and oxygen atoms in total. The number of fused-ring (bicyclic) bond motifs is 1. The average molecular weight is 393 g/mol. The molecule has 5 rings (SSSR count). The molecule has 1 aromatic carbocycles. The lowest BCUT2D eigenvalue weighted by Crippen LogP contribution is -2.62. The van der Waals surface area contributed by atoms with Gasteiger partial charge in [-0.05, 0) is 49.7 Å². The molecule has 0 unspecified atom stereocenters. The number of aromatic amines is 1. The molecule has 0 spiro atoms. The fourth-order valence-corrected chi connectivity index (χ4v) is 6.14. The van der Waals surface area contributed by atoms with E-state index in [0.29, 0.717) is 23.7 Å². The number of hydrogen-bond donors (Lipinski definition) is 2. The summed E-state index contributed by atoms with van der Waals surface area (Å²) in [7, 11) is 0. The second-order valence-corrected chi connectivity index (χ2v) is 9.82. The number of carbonyl (C=O) groups excluding carboxylic acids is 1. The molecule has 2 aromatic rings. The van der Waals surface area contributed by atoms with Gasteiger partial charge >= 0.3 is 0 Å². The zero-order valence-electron chi connectivity index (χ0n) is 17.7. The summed E-state index contributed by atoms with van der Waals surface area (Å²) in [4.78, 5) is 16.0. The smallest absolute Gasteiger partial charge is 0.274 e. The predicted molar refractivity (Wildman–Crippen MR) is 114 cm³/mol. The summed E-state index contributed by atoms with van der Waals surface area (Å²) in [6.45, 7) is 6.65. The first-order valence-electron chi connectivity index (χ1n) is 11.2. The van der Waals surface area contributed by atoms with Gasteiger partial charge in [0.05, 0.1) is 6.04 Å². The number of piperidine rings is 1. The molecular weight excluding hydrogens is 360 g/mol. The van der Waals surface area contributed by atoms with Crippen LogP contribution in [0.1, 0.15) is 74.1 Å². The monoisotopic (exact) mass is 392 g/mol. The Kier molecular flexibility index (Phi) is 4.54. The summed E-state index contributed by atoms with van der Waals surface area (Å²) in [5.74, 6) is 0.430. The van der Waals surface area contributed by atoms with Gasteiger partial charge in [-0.2, -0.15) is 5.10 Å². The van der Waals surface area contributed by atoms with Crippen molar-refractivity contribution in [2.75, 3.05) is 0 Å². The summed E-state index contributed by atoms with van der Waals surface area (Å²) < 4.78 is 0. The number of likely N-dealkylation sites (tertiary alicyclic amines) is 1. The molecule has 2 aliphatic heterocycles. The van der Waals surface area contributed by atoms with Crippen LogP contribution in [0, 0.1) is 5.41 Å². The van der Waals surface area contributed by atoms with Crippen LogP contribution in [0.4, 0.5) is 0 Å². The maximum Gasteiger partial charge on any atom is 0.274 e. The average Bonchev–Trinajstić information content (AvgIpc) is 3.32. The number of nitrogens with one attached hydrogen (secondary N) is 2. The Morgan fingerprint density at radius 3 is 2.79 bits per heavy atom. The molecule has 5 atom stereocenters. The molecule has 0 radical (unpaired) electrons. The highest BCUT2D eigenvalue weighted by atomic mass is 16.2. The van der Waals surface area contributed by atoms with Crippen molar-refractivity contribution in [2.45, 2.75) is 83.0 Å². The van der Waals surface area contributed by atoms with E-state index in [-0.39, 0.29) is 23.4 Å². The van der Waals surface area contributed by atoms with Crippen LogP contribution in [0.2, 0.25) is 0 Å². The van der Waals surface area contributed by atoms with Crippen molar-refractivity contribution in [3.8, 4) is 0 Å². The lowest BCUT2D eigenvalue weighted by Gasteiger charge is -2.53. The molecule has 154 valence electrons. The van der Waals surface area contributed by atoms with E-state index in [1.54, 1.807) is 0 Å². The minimum atomic E-state index is 0.0966. The molecule has 29 heavy (non-hydrogen) atoms. The van der Waals surface area contributed by atoms with Gasteiger partial charge in [0.15, 0.2) is 0 Å². The third-order valence-electron chi connectivity index (χ3n) is 7.72. The van der Waals surface area contributed by atoms with Crippen LogP contribution in [0.15, 0.2) is 36.4 Å². The molecule has 3 fully saturated rings. The third-order valence-corrected chi connectivity index (χ3v) is 7.72. The Bertz CT molecular complexity index is 891. The molecule has 5 heteroatoms. The van der Waals surface area contributed by atoms with E-state index in [1.807, 2.05) is 6.07 Å². The number of aromatic nitrogens is 2. The summed E-state index contributed by atoms with van der Waals surface area (Å²) in [5.41, 5.74) is 3.06. The van der Waals surface area contributed by atoms with Gasteiger partial charge in [0.2, 0.25) is 0 Å². The number of nitrogens with zero attached hydrogens (tertiary/aromatic N) is 2. The van der Waals surface area contributed by atoms with Gasteiger partial charge in [0, 0.05) is 29.2 Å². The molecule has 3 heterocycles. The normalized spacial score (nSPS) is 33.3. The van der Waals surface area contributed by atoms with Gasteiger partial charge < -0.3 is 10.2 Å². The quantitative estimate of drug-likeness (QED) is 0.830. The van der Waals surface area contributed by atoms with Gasteiger partial charge in [0.25, 0.3) is 5.91 Å². The number of hydrogen-bond acceptors (Lipinski definition) is 3. The SMILES string of the molecule is CC(C)c1cc(C(=O)N2[C@@H](Cc3ccccc3)[C@@H]3C[C@@]4(C)[C@H](CCC[C@@H]24)N3)n[nH]1. The Hall–Kier alpha value is -2.14. The second-order valence-electron chi connectivity index (χ2n) is 9.82. The fraction of sp³-hybridized carbons (Fsp3) is 0.583. The molecule has 1 aliphatic carbocycles. The van der Waals surface area contributed by atoms with Crippen LogP contribution in [0.25, 0.3) is 0 Å². The second kappa shape index (κ2) is 6.98. The lowest BCUT2D eigenvalue weighted by molar-refractivity contribution is -0.0115. The summed E-state index contributed by atoms with van der Waals surface area (Å²) in [6, 6.07) is 13.9. The zero-order chi connectivity index (χ0) is 20.2. The maximum absolute atomic E-state index is 13.8. The Morgan fingerprint density at radius 2 is 2.07 bits per heavy atom. The van der Waals surface area contributed by atoms with Crippen molar-refractivity contribution in [3.63, 3.8) is 0 Å². The first-order valence-corrected chi connectivity index (χ1v) is 11.2. The van der Waals surface area contributed by atoms with Crippen LogP contribution >= 0.6 is 0 Å². The summed E-state index contributed by atoms with van der Waals surface area (Å²) in [6.07, 6.45) is 5.57. The maximum atomic E-state index is 13.8. The van der Waals surface area contributed by atoms with Crippen LogP contribution in [-0.2, 0) is 6.42 Å². The highest BCUT2D eigenvalue weighted by Gasteiger charge is 2.60. The number of benzene rings is 1. The molecule has 3 aliphatic rings. The Balaban J connectivity index is 1.53. The van der Waals surface area contributed by atoms with Crippen molar-refractivity contribution in [2.24, 2.45) is 5.41 Å². The lowest BCUT2D eigenvalue weighted by atomic mass is 9.64. The number of rotatable bonds is 4. The van der Waals surface area contributed by atoms with Crippen molar-refractivity contribution in [1.82, 2.24) is 20.4 Å². The first kappa shape index (κ1) is 18.9. The molecule has 1 saturated carbocycles. The topological polar surface area (TPSA) is 61.0 Å². The van der Waals surface area contributed by atoms with Crippen molar-refractivity contribution in [1.29, 1.82) is 0 Å². The fourth-order valence-electron chi connectivity index (χ4n) is 6.14. The van der Waals surface area contributed by atoms with E-state index in [4.69, 9.17) is 0 Å². The van der Waals surface area contributed by atoms with E-state index >= 15 is 0 Å². The zero-order valence-corrected chi connectivity index (χ0v) is 17.7. The van der Waals surface area contributed by atoms with Gasteiger partial charge in [-0.3, -0.25) is 9.89 Å². The molecule has 1 aromatic heterocycles. The predicted octanol–water partition coefficient (Wildman–Crippen LogP) is 3.89. The van der Waals surface area contributed by atoms with E-state index in [0.717, 1.165) is 18.5 Å². The third kappa shape index (κ3) is 3.02. The number of H-pyrrole nitrogens is 1. The number of carbonyl (C=O) groups is 1.